The zero-order valence-corrected chi connectivity index (χ0v) is 21.1. The van der Waals surface area contributed by atoms with Gasteiger partial charge < -0.3 is 10.1 Å². The Morgan fingerprint density at radius 3 is 2.68 bits per heavy atom. The van der Waals surface area contributed by atoms with Gasteiger partial charge in [-0.25, -0.2) is 18.4 Å². The molecule has 2 N–H and O–H groups in total. The molecule has 2 aromatic heterocycles. The molecule has 9 nitrogen and oxygen atoms in total. The summed E-state index contributed by atoms with van der Waals surface area (Å²) in [5, 5.41) is 4.59. The van der Waals surface area contributed by atoms with E-state index in [0.717, 1.165) is 11.1 Å². The number of nitrogens with one attached hydrogen (secondary N) is 2. The van der Waals surface area contributed by atoms with Crippen molar-refractivity contribution in [3.8, 4) is 17.1 Å². The van der Waals surface area contributed by atoms with Gasteiger partial charge in [-0.2, -0.15) is 0 Å². The molecule has 0 saturated heterocycles. The monoisotopic (exact) mass is 501 g/mol. The number of hydrogen-bond donors (Lipinski definition) is 2. The molecule has 0 spiro atoms. The summed E-state index contributed by atoms with van der Waals surface area (Å²) in [4.78, 5) is 26.1. The van der Waals surface area contributed by atoms with Crippen molar-refractivity contribution in [2.24, 2.45) is 0 Å². The highest BCUT2D eigenvalue weighted by atomic mass is 32.2. The maximum absolute atomic E-state index is 13.1. The summed E-state index contributed by atoms with van der Waals surface area (Å²) in [5.41, 5.74) is 2.66. The second-order valence-electron chi connectivity index (χ2n) is 8.67. The first kappa shape index (κ1) is 24.1. The lowest BCUT2D eigenvalue weighted by atomic mass is 9.89. The second kappa shape index (κ2) is 9.30. The molecule has 1 aliphatic carbocycles. The Bertz CT molecular complexity index is 1320. The SMILES string of the molecule is CCOc1cncc(-c2ccc(NC(=O)C(C)(C)c3csc(NS(=O)(=O)C4CC4)n3)cc2C)n1. The van der Waals surface area contributed by atoms with Crippen LogP contribution in [0.4, 0.5) is 10.8 Å². The Morgan fingerprint density at radius 2 is 2.00 bits per heavy atom. The predicted molar refractivity (Wildman–Crippen MR) is 133 cm³/mol. The average molecular weight is 502 g/mol. The molecule has 0 unspecified atom stereocenters. The molecule has 1 aromatic carbocycles. The number of aromatic nitrogens is 3. The van der Waals surface area contributed by atoms with Crippen LogP contribution in [-0.4, -0.2) is 41.1 Å². The maximum atomic E-state index is 13.1. The molecule has 0 atom stereocenters. The van der Waals surface area contributed by atoms with E-state index < -0.39 is 15.4 Å². The van der Waals surface area contributed by atoms with Crippen LogP contribution in [0, 0.1) is 6.92 Å². The summed E-state index contributed by atoms with van der Waals surface area (Å²) in [6.45, 7) is 7.84. The van der Waals surface area contributed by atoms with E-state index in [1.54, 1.807) is 31.6 Å². The summed E-state index contributed by atoms with van der Waals surface area (Å²) in [6, 6.07) is 5.56. The first-order valence-electron chi connectivity index (χ1n) is 10.9. The average Bonchev–Trinajstić information content (AvgIpc) is 3.55. The van der Waals surface area contributed by atoms with Gasteiger partial charge in [0, 0.05) is 16.6 Å². The van der Waals surface area contributed by atoms with Crippen molar-refractivity contribution in [1.29, 1.82) is 0 Å². The Kier molecular flexibility index (Phi) is 6.59. The largest absolute Gasteiger partial charge is 0.477 e. The summed E-state index contributed by atoms with van der Waals surface area (Å²) in [6.07, 6.45) is 4.58. The third-order valence-corrected chi connectivity index (χ3v) is 8.28. The number of ether oxygens (including phenoxy) is 1. The molecule has 0 bridgehead atoms. The van der Waals surface area contributed by atoms with E-state index in [-0.39, 0.29) is 16.3 Å². The summed E-state index contributed by atoms with van der Waals surface area (Å²) >= 11 is 1.17. The minimum Gasteiger partial charge on any atom is -0.477 e. The van der Waals surface area contributed by atoms with E-state index in [4.69, 9.17) is 4.74 Å². The second-order valence-corrected chi connectivity index (χ2v) is 11.5. The fourth-order valence-electron chi connectivity index (χ4n) is 3.32. The third-order valence-electron chi connectivity index (χ3n) is 5.57. The molecule has 4 rings (SSSR count). The molecule has 0 aliphatic heterocycles. The highest BCUT2D eigenvalue weighted by Crippen LogP contribution is 2.33. The first-order chi connectivity index (χ1) is 16.1. The van der Waals surface area contributed by atoms with Crippen LogP contribution in [-0.2, 0) is 20.2 Å². The van der Waals surface area contributed by atoms with Crippen LogP contribution in [0.5, 0.6) is 5.88 Å². The summed E-state index contributed by atoms with van der Waals surface area (Å²) < 4.78 is 32.3. The van der Waals surface area contributed by atoms with Crippen LogP contribution < -0.4 is 14.8 Å². The van der Waals surface area contributed by atoms with Gasteiger partial charge in [-0.05, 0) is 58.2 Å². The zero-order chi connectivity index (χ0) is 24.5. The molecule has 11 heteroatoms. The first-order valence-corrected chi connectivity index (χ1v) is 13.4. The zero-order valence-electron chi connectivity index (χ0n) is 19.5. The molecule has 1 amide bonds. The molecule has 2 heterocycles. The van der Waals surface area contributed by atoms with Crippen LogP contribution in [0.2, 0.25) is 0 Å². The lowest BCUT2D eigenvalue weighted by Gasteiger charge is -2.22. The number of nitrogens with zero attached hydrogens (tertiary/aromatic N) is 3. The van der Waals surface area contributed by atoms with Crippen molar-refractivity contribution in [3.05, 3.63) is 47.2 Å². The number of benzene rings is 1. The lowest BCUT2D eigenvalue weighted by molar-refractivity contribution is -0.120. The van der Waals surface area contributed by atoms with Crippen molar-refractivity contribution in [1.82, 2.24) is 15.0 Å². The number of amides is 1. The van der Waals surface area contributed by atoms with Crippen molar-refractivity contribution < 1.29 is 17.9 Å². The summed E-state index contributed by atoms with van der Waals surface area (Å²) in [5.74, 6) is 0.209. The number of rotatable bonds is 9. The molecule has 1 aliphatic rings. The standard InChI is InChI=1S/C23H27N5O4S2/c1-5-32-20-12-24-11-18(26-20)17-9-6-15(10-14(17)2)25-21(29)23(3,4)19-13-33-22(27-19)28-34(30,31)16-7-8-16/h6,9-13,16H,5,7-8H2,1-4H3,(H,25,29)(H,27,28). The molecule has 1 fully saturated rings. The minimum absolute atomic E-state index is 0.250. The Balaban J connectivity index is 1.47. The van der Waals surface area contributed by atoms with Crippen molar-refractivity contribution in [2.45, 2.75) is 51.2 Å². The minimum atomic E-state index is -3.40. The molecule has 180 valence electrons. The number of hydrogen-bond acceptors (Lipinski definition) is 8. The van der Waals surface area contributed by atoms with Crippen LogP contribution in [0.1, 0.15) is 44.9 Å². The van der Waals surface area contributed by atoms with Crippen molar-refractivity contribution in [2.75, 3.05) is 16.6 Å². The lowest BCUT2D eigenvalue weighted by Crippen LogP contribution is -2.35. The van der Waals surface area contributed by atoms with Gasteiger partial charge in [-0.1, -0.05) is 6.07 Å². The van der Waals surface area contributed by atoms with Gasteiger partial charge in [0.15, 0.2) is 5.13 Å². The van der Waals surface area contributed by atoms with Gasteiger partial charge in [0.25, 0.3) is 0 Å². The van der Waals surface area contributed by atoms with Gasteiger partial charge in [0.2, 0.25) is 21.8 Å². The van der Waals surface area contributed by atoms with Crippen LogP contribution >= 0.6 is 11.3 Å². The highest BCUT2D eigenvalue weighted by molar-refractivity contribution is 7.93. The van der Waals surface area contributed by atoms with E-state index in [9.17, 15) is 13.2 Å². The van der Waals surface area contributed by atoms with Gasteiger partial charge in [-0.15, -0.1) is 11.3 Å². The number of thiazole rings is 1. The molecule has 34 heavy (non-hydrogen) atoms. The molecule has 0 radical (unpaired) electrons. The number of carbonyl (C=O) groups excluding carboxylic acids is 1. The van der Waals surface area contributed by atoms with Crippen LogP contribution in [0.25, 0.3) is 11.3 Å². The van der Waals surface area contributed by atoms with E-state index in [1.807, 2.05) is 32.0 Å². The highest BCUT2D eigenvalue weighted by Gasteiger charge is 2.37. The Hall–Kier alpha value is -3.05. The maximum Gasteiger partial charge on any atom is 0.237 e. The van der Waals surface area contributed by atoms with Crippen LogP contribution in [0.15, 0.2) is 36.0 Å². The smallest absolute Gasteiger partial charge is 0.237 e. The normalized spacial score (nSPS) is 14.0. The fraction of sp³-hybridized carbons (Fsp3) is 0.391. The van der Waals surface area contributed by atoms with Gasteiger partial charge >= 0.3 is 0 Å². The van der Waals surface area contributed by atoms with E-state index in [0.29, 0.717) is 42.4 Å². The Labute approximate surface area is 203 Å². The molecular weight excluding hydrogens is 474 g/mol. The van der Waals surface area contributed by atoms with Gasteiger partial charge in [0.1, 0.15) is 0 Å². The Morgan fingerprint density at radius 1 is 1.24 bits per heavy atom. The quantitative estimate of drug-likeness (QED) is 0.452. The number of anilines is 2. The van der Waals surface area contributed by atoms with E-state index >= 15 is 0 Å². The van der Waals surface area contributed by atoms with Crippen molar-refractivity contribution >= 4 is 38.1 Å². The fourth-order valence-corrected chi connectivity index (χ4v) is 5.79. The van der Waals surface area contributed by atoms with Crippen LogP contribution in [0.3, 0.4) is 0 Å². The molecular formula is C23H27N5O4S2. The number of carbonyl (C=O) groups is 1. The number of sulfonamides is 1. The molecule has 3 aromatic rings. The summed E-state index contributed by atoms with van der Waals surface area (Å²) in [7, 11) is -3.40. The van der Waals surface area contributed by atoms with Crippen molar-refractivity contribution in [3.63, 3.8) is 0 Å². The third kappa shape index (κ3) is 5.20. The van der Waals surface area contributed by atoms with E-state index in [2.05, 4.69) is 25.0 Å². The predicted octanol–water partition coefficient (Wildman–Crippen LogP) is 4.13. The topological polar surface area (TPSA) is 123 Å². The van der Waals surface area contributed by atoms with E-state index in [1.165, 1.54) is 11.3 Å². The number of aryl methyl sites for hydroxylation is 1. The van der Waals surface area contributed by atoms with Gasteiger partial charge in [0.05, 0.1) is 41.1 Å². The van der Waals surface area contributed by atoms with Gasteiger partial charge in [-0.3, -0.25) is 14.5 Å². The molecule has 1 saturated carbocycles.